The third kappa shape index (κ3) is 1.28. The lowest BCUT2D eigenvalue weighted by atomic mass is 9.79. The molecule has 2 rings (SSSR count). The Morgan fingerprint density at radius 1 is 1.31 bits per heavy atom. The summed E-state index contributed by atoms with van der Waals surface area (Å²) < 4.78 is 4.78. The zero-order valence-electron chi connectivity index (χ0n) is 9.61. The van der Waals surface area contributed by atoms with Crippen molar-refractivity contribution in [2.45, 2.75) is 19.8 Å². The third-order valence-corrected chi connectivity index (χ3v) is 3.26. The SMILES string of the molecule is COC(=O)C1c2ccccc2C(=O)C1(C)C. The average Bonchev–Trinajstić information content (AvgIpc) is 2.47. The number of hydrogen-bond donors (Lipinski definition) is 0. The van der Waals surface area contributed by atoms with Crippen LogP contribution in [0.1, 0.15) is 35.7 Å². The van der Waals surface area contributed by atoms with Crippen LogP contribution in [0, 0.1) is 5.41 Å². The Balaban J connectivity index is 2.61. The highest BCUT2D eigenvalue weighted by Crippen LogP contribution is 2.47. The number of hydrogen-bond acceptors (Lipinski definition) is 3. The minimum absolute atomic E-state index is 0.0125. The zero-order valence-corrected chi connectivity index (χ0v) is 9.61. The van der Waals surface area contributed by atoms with Crippen LogP contribution in [0.4, 0.5) is 0 Å². The number of ether oxygens (including phenoxy) is 1. The smallest absolute Gasteiger partial charge is 0.314 e. The normalized spacial score (nSPS) is 21.7. The minimum atomic E-state index is -0.712. The van der Waals surface area contributed by atoms with Crippen LogP contribution >= 0.6 is 0 Å². The van der Waals surface area contributed by atoms with E-state index in [1.807, 2.05) is 18.2 Å². The Morgan fingerprint density at radius 2 is 1.94 bits per heavy atom. The van der Waals surface area contributed by atoms with E-state index in [1.54, 1.807) is 19.9 Å². The van der Waals surface area contributed by atoms with Gasteiger partial charge in [-0.3, -0.25) is 9.59 Å². The molecule has 0 aromatic heterocycles. The first kappa shape index (κ1) is 10.9. The molecule has 0 fully saturated rings. The number of methoxy groups -OCH3 is 1. The summed E-state index contributed by atoms with van der Waals surface area (Å²) in [5.74, 6) is -0.817. The van der Waals surface area contributed by atoms with Gasteiger partial charge < -0.3 is 4.74 Å². The first-order valence-electron chi connectivity index (χ1n) is 5.21. The lowest BCUT2D eigenvalue weighted by molar-refractivity contribution is -0.144. The topological polar surface area (TPSA) is 43.4 Å². The van der Waals surface area contributed by atoms with Crippen LogP contribution < -0.4 is 0 Å². The van der Waals surface area contributed by atoms with E-state index in [9.17, 15) is 9.59 Å². The van der Waals surface area contributed by atoms with Crippen LogP contribution in [-0.4, -0.2) is 18.9 Å². The molecule has 0 radical (unpaired) electrons. The molecule has 16 heavy (non-hydrogen) atoms. The molecule has 0 spiro atoms. The molecule has 1 aromatic carbocycles. The molecule has 1 aliphatic carbocycles. The first-order valence-corrected chi connectivity index (χ1v) is 5.21. The fourth-order valence-corrected chi connectivity index (χ4v) is 2.36. The predicted octanol–water partition coefficient (Wildman–Crippen LogP) is 2.17. The molecular weight excluding hydrogens is 204 g/mol. The molecule has 1 aliphatic rings. The molecule has 1 atom stereocenters. The molecule has 1 unspecified atom stereocenters. The summed E-state index contributed by atoms with van der Waals surface area (Å²) in [7, 11) is 1.35. The first-order chi connectivity index (χ1) is 7.50. The molecule has 1 aromatic rings. The van der Waals surface area contributed by atoms with Crippen molar-refractivity contribution in [3.63, 3.8) is 0 Å². The van der Waals surface area contributed by atoms with Crippen molar-refractivity contribution in [2.24, 2.45) is 5.41 Å². The zero-order chi connectivity index (χ0) is 11.9. The summed E-state index contributed by atoms with van der Waals surface area (Å²) >= 11 is 0. The molecule has 0 saturated heterocycles. The Kier molecular flexibility index (Phi) is 2.34. The minimum Gasteiger partial charge on any atom is -0.469 e. The molecule has 0 N–H and O–H groups in total. The Bertz CT molecular complexity index is 460. The standard InChI is InChI=1S/C13H14O3/c1-13(2)10(12(15)16-3)8-6-4-5-7-9(8)11(13)14/h4-7,10H,1-3H3. The van der Waals surface area contributed by atoms with Crippen LogP contribution in [0.25, 0.3) is 0 Å². The summed E-state index contributed by atoms with van der Waals surface area (Å²) in [4.78, 5) is 23.9. The lowest BCUT2D eigenvalue weighted by Crippen LogP contribution is -2.30. The van der Waals surface area contributed by atoms with Crippen molar-refractivity contribution in [3.8, 4) is 0 Å². The van der Waals surface area contributed by atoms with Crippen LogP contribution in [0.2, 0.25) is 0 Å². The van der Waals surface area contributed by atoms with E-state index in [-0.39, 0.29) is 11.8 Å². The molecular formula is C13H14O3. The van der Waals surface area contributed by atoms with Gasteiger partial charge in [-0.2, -0.15) is 0 Å². The van der Waals surface area contributed by atoms with Gasteiger partial charge in [0.15, 0.2) is 5.78 Å². The number of ketones is 1. The van der Waals surface area contributed by atoms with Gasteiger partial charge in [-0.05, 0) is 5.56 Å². The Hall–Kier alpha value is -1.64. The van der Waals surface area contributed by atoms with Crippen molar-refractivity contribution < 1.29 is 14.3 Å². The average molecular weight is 218 g/mol. The second-order valence-electron chi connectivity index (χ2n) is 4.59. The van der Waals surface area contributed by atoms with E-state index in [0.717, 1.165) is 5.56 Å². The van der Waals surface area contributed by atoms with E-state index >= 15 is 0 Å². The molecule has 0 amide bonds. The summed E-state index contributed by atoms with van der Waals surface area (Å²) in [6, 6.07) is 7.24. The fourth-order valence-electron chi connectivity index (χ4n) is 2.36. The van der Waals surface area contributed by atoms with E-state index in [4.69, 9.17) is 4.74 Å². The molecule has 3 nitrogen and oxygen atoms in total. The van der Waals surface area contributed by atoms with Crippen LogP contribution in [0.5, 0.6) is 0 Å². The van der Waals surface area contributed by atoms with Gasteiger partial charge in [-0.15, -0.1) is 0 Å². The molecule has 0 bridgehead atoms. The Labute approximate surface area is 94.4 Å². The Morgan fingerprint density at radius 3 is 2.56 bits per heavy atom. The van der Waals surface area contributed by atoms with Gasteiger partial charge in [0.2, 0.25) is 0 Å². The second kappa shape index (κ2) is 3.44. The maximum Gasteiger partial charge on any atom is 0.314 e. The van der Waals surface area contributed by atoms with Gasteiger partial charge in [0.05, 0.1) is 13.0 Å². The molecule has 3 heteroatoms. The van der Waals surface area contributed by atoms with Gasteiger partial charge >= 0.3 is 5.97 Å². The van der Waals surface area contributed by atoms with E-state index in [0.29, 0.717) is 5.56 Å². The van der Waals surface area contributed by atoms with Crippen LogP contribution in [-0.2, 0) is 9.53 Å². The van der Waals surface area contributed by atoms with Crippen molar-refractivity contribution in [1.82, 2.24) is 0 Å². The largest absolute Gasteiger partial charge is 0.469 e. The number of rotatable bonds is 1. The number of fused-ring (bicyclic) bond motifs is 1. The summed E-state index contributed by atoms with van der Waals surface area (Å²) in [6.07, 6.45) is 0. The number of Topliss-reactive ketones (excluding diaryl/α,β-unsaturated/α-hetero) is 1. The van der Waals surface area contributed by atoms with Crippen molar-refractivity contribution in [2.75, 3.05) is 7.11 Å². The summed E-state index contributed by atoms with van der Waals surface area (Å²) in [5.41, 5.74) is 0.712. The lowest BCUT2D eigenvalue weighted by Gasteiger charge is -2.23. The van der Waals surface area contributed by atoms with Gasteiger partial charge in [0.1, 0.15) is 0 Å². The highest BCUT2D eigenvalue weighted by atomic mass is 16.5. The van der Waals surface area contributed by atoms with Gasteiger partial charge in [-0.1, -0.05) is 38.1 Å². The highest BCUT2D eigenvalue weighted by Gasteiger charge is 2.50. The van der Waals surface area contributed by atoms with Gasteiger partial charge in [0, 0.05) is 11.0 Å². The van der Waals surface area contributed by atoms with E-state index in [1.165, 1.54) is 7.11 Å². The number of carbonyl (C=O) groups excluding carboxylic acids is 2. The van der Waals surface area contributed by atoms with Gasteiger partial charge in [-0.25, -0.2) is 0 Å². The monoisotopic (exact) mass is 218 g/mol. The molecule has 84 valence electrons. The number of esters is 1. The fraction of sp³-hybridized carbons (Fsp3) is 0.385. The summed E-state index contributed by atoms with van der Waals surface area (Å²) in [6.45, 7) is 3.58. The predicted molar refractivity (Wildman–Crippen MR) is 59.3 cm³/mol. The van der Waals surface area contributed by atoms with Crippen molar-refractivity contribution in [3.05, 3.63) is 35.4 Å². The second-order valence-corrected chi connectivity index (χ2v) is 4.59. The quantitative estimate of drug-likeness (QED) is 0.678. The van der Waals surface area contributed by atoms with E-state index < -0.39 is 11.3 Å². The van der Waals surface area contributed by atoms with Crippen molar-refractivity contribution in [1.29, 1.82) is 0 Å². The van der Waals surface area contributed by atoms with Crippen molar-refractivity contribution >= 4 is 11.8 Å². The van der Waals surface area contributed by atoms with E-state index in [2.05, 4.69) is 0 Å². The third-order valence-electron chi connectivity index (χ3n) is 3.26. The van der Waals surface area contributed by atoms with Gasteiger partial charge in [0.25, 0.3) is 0 Å². The number of benzene rings is 1. The van der Waals surface area contributed by atoms with Crippen LogP contribution in [0.15, 0.2) is 24.3 Å². The number of carbonyl (C=O) groups is 2. The molecule has 0 saturated carbocycles. The molecule has 0 aliphatic heterocycles. The highest BCUT2D eigenvalue weighted by molar-refractivity contribution is 6.09. The maximum atomic E-state index is 12.1. The molecule has 0 heterocycles. The van der Waals surface area contributed by atoms with Crippen LogP contribution in [0.3, 0.4) is 0 Å². The maximum absolute atomic E-state index is 12.1. The summed E-state index contributed by atoms with van der Waals surface area (Å²) in [5, 5.41) is 0.